The number of aliphatic carboxylic acids is 1. The van der Waals surface area contributed by atoms with Gasteiger partial charge in [-0.05, 0) is 43.0 Å². The Morgan fingerprint density at radius 2 is 1.66 bits per heavy atom. The SMILES string of the molecule is CC(=O)O.Cc1cc(CC(=O)N2CCNC(=O)c3coc(n3)[C@H](Cc3ccccc3)NC(=O)c3csc(n3)[C@H](C(C)C)NC(=O)C2)cc(C)n1. The predicted octanol–water partition coefficient (Wildman–Crippen LogP) is 3.58. The molecule has 15 heteroatoms. The topological polar surface area (TPSA) is 197 Å². The zero-order chi connectivity index (χ0) is 36.4. The number of thiazole rings is 1. The average Bonchev–Trinajstić information content (AvgIpc) is 3.73. The van der Waals surface area contributed by atoms with Gasteiger partial charge in [0.1, 0.15) is 23.0 Å². The first-order chi connectivity index (χ1) is 23.8. The van der Waals surface area contributed by atoms with Gasteiger partial charge in [0, 0.05) is 43.2 Å². The number of nitrogens with zero attached hydrogens (tertiary/aromatic N) is 4. The number of carboxylic acids is 1. The molecule has 14 nitrogen and oxygen atoms in total. The van der Waals surface area contributed by atoms with Crippen LogP contribution in [-0.2, 0) is 27.2 Å². The largest absolute Gasteiger partial charge is 0.481 e. The van der Waals surface area contributed by atoms with E-state index >= 15 is 0 Å². The number of carbonyl (C=O) groups excluding carboxylic acids is 4. The number of nitrogens with one attached hydrogen (secondary N) is 3. The maximum Gasteiger partial charge on any atom is 0.300 e. The van der Waals surface area contributed by atoms with Gasteiger partial charge < -0.3 is 30.4 Å². The summed E-state index contributed by atoms with van der Waals surface area (Å²) in [5, 5.41) is 18.4. The Labute approximate surface area is 293 Å². The number of hydrogen-bond donors (Lipinski definition) is 4. The van der Waals surface area contributed by atoms with Crippen LogP contribution in [0.2, 0.25) is 0 Å². The van der Waals surface area contributed by atoms with Crippen LogP contribution in [0, 0.1) is 19.8 Å². The normalized spacial score (nSPS) is 17.0. The molecular weight excluding hydrogens is 662 g/mol. The van der Waals surface area contributed by atoms with Crippen molar-refractivity contribution in [1.29, 1.82) is 0 Å². The van der Waals surface area contributed by atoms with Crippen molar-refractivity contribution >= 4 is 40.9 Å². The van der Waals surface area contributed by atoms with Crippen molar-refractivity contribution in [3.63, 3.8) is 0 Å². The molecule has 50 heavy (non-hydrogen) atoms. The van der Waals surface area contributed by atoms with Crippen LogP contribution >= 0.6 is 11.3 Å². The Kier molecular flexibility index (Phi) is 12.9. The summed E-state index contributed by atoms with van der Waals surface area (Å²) < 4.78 is 5.70. The third-order valence-electron chi connectivity index (χ3n) is 7.50. The first kappa shape index (κ1) is 37.4. The van der Waals surface area contributed by atoms with E-state index < -0.39 is 29.9 Å². The summed E-state index contributed by atoms with van der Waals surface area (Å²) in [5.41, 5.74) is 3.51. The van der Waals surface area contributed by atoms with Crippen LogP contribution in [0.15, 0.2) is 58.5 Å². The molecule has 4 amide bonds. The molecule has 0 saturated heterocycles. The van der Waals surface area contributed by atoms with Crippen molar-refractivity contribution in [3.05, 3.63) is 98.9 Å². The van der Waals surface area contributed by atoms with E-state index in [2.05, 4.69) is 30.9 Å². The van der Waals surface area contributed by atoms with Crippen LogP contribution in [0.5, 0.6) is 0 Å². The van der Waals surface area contributed by atoms with Gasteiger partial charge >= 0.3 is 0 Å². The van der Waals surface area contributed by atoms with Crippen molar-refractivity contribution in [2.45, 2.75) is 59.5 Å². The molecule has 5 rings (SSSR count). The van der Waals surface area contributed by atoms with Crippen LogP contribution < -0.4 is 16.0 Å². The Balaban J connectivity index is 0.00000133. The molecule has 4 aromatic rings. The first-order valence-electron chi connectivity index (χ1n) is 16.0. The standard InChI is InChI=1S/C33H37N7O5S.C2H4O2/c1-19(2)29-33-38-26(18-46-33)31(44)36-24(14-22-8-6-5-7-9-22)32-37-25(17-45-32)30(43)34-10-11-40(16-27(41)39-29)28(42)15-23-12-20(3)35-21(4)13-23;1-2(3)4/h5-9,12-13,17-19,24,29H,10-11,14-16H2,1-4H3,(H,34,43)(H,36,44)(H,39,41);1H3,(H,3,4)/t24-,29-;/m0./s1. The summed E-state index contributed by atoms with van der Waals surface area (Å²) in [7, 11) is 0. The smallest absolute Gasteiger partial charge is 0.300 e. The van der Waals surface area contributed by atoms with Crippen LogP contribution in [0.4, 0.5) is 0 Å². The molecule has 0 unspecified atom stereocenters. The highest BCUT2D eigenvalue weighted by molar-refractivity contribution is 7.09. The molecule has 2 atom stereocenters. The number of amides is 4. The molecule has 3 aromatic heterocycles. The Morgan fingerprint density at radius 1 is 0.980 bits per heavy atom. The van der Waals surface area contributed by atoms with E-state index in [-0.39, 0.29) is 61.1 Å². The molecule has 0 saturated carbocycles. The summed E-state index contributed by atoms with van der Waals surface area (Å²) in [5.74, 6) is -2.33. The summed E-state index contributed by atoms with van der Waals surface area (Å²) >= 11 is 1.27. The third kappa shape index (κ3) is 10.8. The van der Waals surface area contributed by atoms with Crippen LogP contribution in [0.3, 0.4) is 0 Å². The fraction of sp³-hybridized carbons (Fsp3) is 0.371. The number of oxazole rings is 1. The lowest BCUT2D eigenvalue weighted by Crippen LogP contribution is -2.46. The summed E-state index contributed by atoms with van der Waals surface area (Å²) in [4.78, 5) is 77.1. The maximum absolute atomic E-state index is 13.5. The summed E-state index contributed by atoms with van der Waals surface area (Å²) in [6.45, 7) is 8.63. The van der Waals surface area contributed by atoms with Gasteiger partial charge in [-0.15, -0.1) is 11.3 Å². The Hall–Kier alpha value is -5.44. The van der Waals surface area contributed by atoms with E-state index in [1.807, 2.05) is 70.2 Å². The van der Waals surface area contributed by atoms with Gasteiger partial charge in [0.25, 0.3) is 17.8 Å². The number of aryl methyl sites for hydroxylation is 2. The molecule has 4 bridgehead atoms. The number of benzene rings is 1. The molecule has 0 spiro atoms. The van der Waals surface area contributed by atoms with Crippen molar-refractivity contribution in [1.82, 2.24) is 35.8 Å². The van der Waals surface area contributed by atoms with Gasteiger partial charge in [-0.1, -0.05) is 44.2 Å². The van der Waals surface area contributed by atoms with E-state index in [0.717, 1.165) is 29.4 Å². The minimum Gasteiger partial charge on any atom is -0.481 e. The molecule has 4 N–H and O–H groups in total. The Bertz CT molecular complexity index is 1800. The molecule has 4 heterocycles. The number of hydrogen-bond acceptors (Lipinski definition) is 10. The number of aromatic nitrogens is 3. The van der Waals surface area contributed by atoms with E-state index in [0.29, 0.717) is 11.4 Å². The fourth-order valence-electron chi connectivity index (χ4n) is 5.27. The van der Waals surface area contributed by atoms with Gasteiger partial charge in [0.15, 0.2) is 5.69 Å². The maximum atomic E-state index is 13.5. The highest BCUT2D eigenvalue weighted by atomic mass is 32.1. The van der Waals surface area contributed by atoms with Gasteiger partial charge in [0.2, 0.25) is 17.7 Å². The lowest BCUT2D eigenvalue weighted by atomic mass is 10.0. The van der Waals surface area contributed by atoms with E-state index in [4.69, 9.17) is 14.3 Å². The highest BCUT2D eigenvalue weighted by Crippen LogP contribution is 2.26. The molecule has 0 fully saturated rings. The molecule has 1 aliphatic rings. The second kappa shape index (κ2) is 17.3. The zero-order valence-corrected chi connectivity index (χ0v) is 29.4. The van der Waals surface area contributed by atoms with Gasteiger partial charge in [-0.2, -0.15) is 0 Å². The third-order valence-corrected chi connectivity index (χ3v) is 8.42. The lowest BCUT2D eigenvalue weighted by molar-refractivity contribution is -0.135. The number of carbonyl (C=O) groups is 5. The minimum absolute atomic E-state index is 0.0255. The minimum atomic E-state index is -0.833. The van der Waals surface area contributed by atoms with Crippen molar-refractivity contribution in [2.75, 3.05) is 19.6 Å². The second-order valence-electron chi connectivity index (χ2n) is 12.2. The fourth-order valence-corrected chi connectivity index (χ4v) is 6.29. The number of carboxylic acid groups (broad SMARTS) is 1. The van der Waals surface area contributed by atoms with E-state index in [1.54, 1.807) is 5.38 Å². The molecule has 264 valence electrons. The summed E-state index contributed by atoms with van der Waals surface area (Å²) in [6.07, 6.45) is 1.67. The molecule has 0 aliphatic carbocycles. The molecular formula is C35H41N7O7S. The summed E-state index contributed by atoms with van der Waals surface area (Å²) in [6, 6.07) is 12.0. The Morgan fingerprint density at radius 3 is 2.32 bits per heavy atom. The van der Waals surface area contributed by atoms with Crippen molar-refractivity contribution in [3.8, 4) is 0 Å². The van der Waals surface area contributed by atoms with Gasteiger partial charge in [-0.3, -0.25) is 29.0 Å². The number of rotatable bonds is 5. The van der Waals surface area contributed by atoms with E-state index in [9.17, 15) is 19.2 Å². The van der Waals surface area contributed by atoms with Crippen molar-refractivity contribution in [2.24, 2.45) is 5.92 Å². The number of fused-ring (bicyclic) bond motifs is 4. The quantitative estimate of drug-likeness (QED) is 0.239. The van der Waals surface area contributed by atoms with Crippen molar-refractivity contribution < 1.29 is 33.5 Å². The van der Waals surface area contributed by atoms with Crippen LogP contribution in [0.1, 0.15) is 87.2 Å². The van der Waals surface area contributed by atoms with Crippen LogP contribution in [0.25, 0.3) is 0 Å². The number of pyridine rings is 1. The first-order valence-corrected chi connectivity index (χ1v) is 16.9. The second-order valence-corrected chi connectivity index (χ2v) is 13.1. The highest BCUT2D eigenvalue weighted by Gasteiger charge is 2.28. The molecule has 1 aliphatic heterocycles. The van der Waals surface area contributed by atoms with Gasteiger partial charge in [-0.25, -0.2) is 9.97 Å². The predicted molar refractivity (Wildman–Crippen MR) is 184 cm³/mol. The zero-order valence-electron chi connectivity index (χ0n) is 28.6. The van der Waals surface area contributed by atoms with E-state index in [1.165, 1.54) is 22.5 Å². The average molecular weight is 704 g/mol. The monoisotopic (exact) mass is 703 g/mol. The molecule has 0 radical (unpaired) electrons. The van der Waals surface area contributed by atoms with Gasteiger partial charge in [0.05, 0.1) is 19.0 Å². The lowest BCUT2D eigenvalue weighted by Gasteiger charge is -2.25. The molecule has 1 aromatic carbocycles. The van der Waals surface area contributed by atoms with Crippen LogP contribution in [-0.4, -0.2) is 74.2 Å².